The van der Waals surface area contributed by atoms with Crippen molar-refractivity contribution >= 4 is 28.4 Å². The number of thioether (sulfide) groups is 1. The van der Waals surface area contributed by atoms with Gasteiger partial charge < -0.3 is 0 Å². The third-order valence-electron chi connectivity index (χ3n) is 3.79. The Labute approximate surface area is 140 Å². The van der Waals surface area contributed by atoms with Crippen LogP contribution in [0.4, 0.5) is 4.39 Å². The molecule has 8 heteroatoms. The molecule has 0 N–H and O–H groups in total. The van der Waals surface area contributed by atoms with Crippen molar-refractivity contribution in [1.82, 2.24) is 24.1 Å². The van der Waals surface area contributed by atoms with Crippen molar-refractivity contribution in [2.24, 2.45) is 0 Å². The summed E-state index contributed by atoms with van der Waals surface area (Å²) in [5.41, 5.74) is 0.995. The van der Waals surface area contributed by atoms with Gasteiger partial charge in [0.15, 0.2) is 0 Å². The van der Waals surface area contributed by atoms with Gasteiger partial charge >= 0.3 is 0 Å². The average molecular weight is 341 g/mol. The molecule has 120 valence electrons. The van der Waals surface area contributed by atoms with Crippen molar-refractivity contribution in [2.75, 3.05) is 6.26 Å². The molecule has 0 fully saturated rings. The van der Waals surface area contributed by atoms with Crippen LogP contribution in [0.1, 0.15) is 5.69 Å². The van der Waals surface area contributed by atoms with E-state index in [2.05, 4.69) is 15.1 Å². The molecule has 1 aromatic carbocycles. The maximum Gasteiger partial charge on any atom is 0.266 e. The topological polar surface area (TPSA) is 65.1 Å². The number of hydrogen-bond acceptors (Lipinski definition) is 5. The van der Waals surface area contributed by atoms with E-state index in [1.807, 2.05) is 6.26 Å². The van der Waals surface area contributed by atoms with E-state index in [0.29, 0.717) is 27.5 Å². The summed E-state index contributed by atoms with van der Waals surface area (Å²) in [7, 11) is 0. The lowest BCUT2D eigenvalue weighted by Gasteiger charge is -2.09. The zero-order chi connectivity index (χ0) is 16.8. The maximum atomic E-state index is 14.1. The molecule has 0 spiro atoms. The molecule has 0 unspecified atom stereocenters. The minimum absolute atomic E-state index is 0.201. The Balaban J connectivity index is 2.10. The number of aryl methyl sites for hydroxylation is 1. The van der Waals surface area contributed by atoms with Crippen LogP contribution in [0.25, 0.3) is 22.4 Å². The highest BCUT2D eigenvalue weighted by Gasteiger charge is 2.15. The highest BCUT2D eigenvalue weighted by atomic mass is 32.2. The van der Waals surface area contributed by atoms with Crippen LogP contribution in [0.15, 0.2) is 46.5 Å². The molecule has 0 atom stereocenters. The third-order valence-corrected chi connectivity index (χ3v) is 4.33. The summed E-state index contributed by atoms with van der Waals surface area (Å²) in [6.07, 6.45) is 3.41. The van der Waals surface area contributed by atoms with Gasteiger partial charge in [-0.25, -0.2) is 9.37 Å². The van der Waals surface area contributed by atoms with Gasteiger partial charge in [0.25, 0.3) is 11.3 Å². The fourth-order valence-corrected chi connectivity index (χ4v) is 3.03. The van der Waals surface area contributed by atoms with E-state index in [1.165, 1.54) is 22.4 Å². The Morgan fingerprint density at radius 1 is 1.17 bits per heavy atom. The van der Waals surface area contributed by atoms with E-state index in [1.54, 1.807) is 41.9 Å². The molecule has 0 saturated carbocycles. The Morgan fingerprint density at radius 2 is 1.96 bits per heavy atom. The first-order chi connectivity index (χ1) is 11.6. The summed E-state index contributed by atoms with van der Waals surface area (Å²) < 4.78 is 16.9. The first kappa shape index (κ1) is 14.8. The lowest BCUT2D eigenvalue weighted by Crippen LogP contribution is -2.21. The van der Waals surface area contributed by atoms with Gasteiger partial charge in [-0.1, -0.05) is 23.9 Å². The smallest absolute Gasteiger partial charge is 0.266 e. The number of pyridine rings is 1. The van der Waals surface area contributed by atoms with Gasteiger partial charge in [0.1, 0.15) is 5.82 Å². The van der Waals surface area contributed by atoms with Gasteiger partial charge in [0.2, 0.25) is 5.16 Å². The molecule has 0 amide bonds. The van der Waals surface area contributed by atoms with Crippen molar-refractivity contribution in [1.29, 1.82) is 0 Å². The van der Waals surface area contributed by atoms with Crippen molar-refractivity contribution in [2.45, 2.75) is 12.1 Å². The van der Waals surface area contributed by atoms with E-state index in [9.17, 15) is 9.18 Å². The lowest BCUT2D eigenvalue weighted by atomic mass is 10.2. The van der Waals surface area contributed by atoms with Gasteiger partial charge in [0.05, 0.1) is 22.3 Å². The molecular weight excluding hydrogens is 329 g/mol. The van der Waals surface area contributed by atoms with Gasteiger partial charge in [-0.3, -0.25) is 9.36 Å². The molecule has 0 bridgehead atoms. The predicted octanol–water partition coefficient (Wildman–Crippen LogP) is 2.60. The molecule has 0 saturated heterocycles. The van der Waals surface area contributed by atoms with E-state index in [4.69, 9.17) is 0 Å². The number of benzene rings is 1. The van der Waals surface area contributed by atoms with Crippen LogP contribution in [0.2, 0.25) is 0 Å². The number of hydrogen-bond donors (Lipinski definition) is 0. The molecule has 0 aliphatic heterocycles. The molecule has 0 aliphatic rings. The Morgan fingerprint density at radius 3 is 2.71 bits per heavy atom. The van der Waals surface area contributed by atoms with E-state index in [-0.39, 0.29) is 11.2 Å². The Bertz CT molecular complexity index is 1150. The highest BCUT2D eigenvalue weighted by molar-refractivity contribution is 7.98. The van der Waals surface area contributed by atoms with Gasteiger partial charge in [0, 0.05) is 6.20 Å². The summed E-state index contributed by atoms with van der Waals surface area (Å²) in [6.45, 7) is 1.74. The van der Waals surface area contributed by atoms with Crippen molar-refractivity contribution in [3.8, 4) is 5.69 Å². The molecule has 3 aromatic heterocycles. The minimum atomic E-state index is -0.462. The second-order valence-electron chi connectivity index (χ2n) is 5.21. The lowest BCUT2D eigenvalue weighted by molar-refractivity contribution is 0.616. The molecule has 0 aliphatic carbocycles. The molecule has 24 heavy (non-hydrogen) atoms. The summed E-state index contributed by atoms with van der Waals surface area (Å²) in [4.78, 5) is 21.6. The van der Waals surface area contributed by atoms with Crippen molar-refractivity contribution in [3.63, 3.8) is 0 Å². The normalized spacial score (nSPS) is 11.5. The number of rotatable bonds is 2. The molecule has 3 heterocycles. The Hall–Kier alpha value is -2.74. The van der Waals surface area contributed by atoms with E-state index < -0.39 is 5.82 Å². The number of nitrogens with zero attached hydrogens (tertiary/aromatic N) is 5. The van der Waals surface area contributed by atoms with Crippen molar-refractivity contribution < 1.29 is 4.39 Å². The predicted molar refractivity (Wildman–Crippen MR) is 90.4 cm³/mol. The first-order valence-electron chi connectivity index (χ1n) is 7.18. The summed E-state index contributed by atoms with van der Waals surface area (Å²) in [5.74, 6) is -0.0246. The summed E-state index contributed by atoms with van der Waals surface area (Å²) in [6, 6.07) is 7.88. The minimum Gasteiger partial charge on any atom is -0.281 e. The SMILES string of the molecule is CSc1nc2nc(C)c3c(=O)n(-c4ccccc4F)ccc3n2n1. The number of halogens is 1. The highest BCUT2D eigenvalue weighted by Crippen LogP contribution is 2.19. The van der Waals surface area contributed by atoms with Crippen LogP contribution >= 0.6 is 11.8 Å². The van der Waals surface area contributed by atoms with Crippen LogP contribution in [-0.2, 0) is 0 Å². The Kier molecular flexibility index (Phi) is 3.34. The molecular formula is C16H12FN5OS. The number of fused-ring (bicyclic) bond motifs is 3. The number of para-hydroxylation sites is 1. The van der Waals surface area contributed by atoms with Crippen LogP contribution in [-0.4, -0.2) is 30.4 Å². The van der Waals surface area contributed by atoms with Crippen LogP contribution < -0.4 is 5.56 Å². The molecule has 0 radical (unpaired) electrons. The first-order valence-corrected chi connectivity index (χ1v) is 8.40. The van der Waals surface area contributed by atoms with Crippen molar-refractivity contribution in [3.05, 3.63) is 58.4 Å². The largest absolute Gasteiger partial charge is 0.281 e. The maximum absolute atomic E-state index is 14.1. The second kappa shape index (κ2) is 5.41. The molecule has 6 nitrogen and oxygen atoms in total. The standard InChI is InChI=1S/C16H12FN5OS/c1-9-13-12(22-15(18-9)19-16(20-22)24-2)7-8-21(14(13)23)11-6-4-3-5-10(11)17/h3-8H,1-2H3. The van der Waals surface area contributed by atoms with E-state index >= 15 is 0 Å². The summed E-state index contributed by atoms with van der Waals surface area (Å²) in [5, 5.41) is 5.32. The monoisotopic (exact) mass is 341 g/mol. The zero-order valence-electron chi connectivity index (χ0n) is 12.9. The fraction of sp³-hybridized carbons (Fsp3) is 0.125. The van der Waals surface area contributed by atoms with Gasteiger partial charge in [-0.2, -0.15) is 9.50 Å². The van der Waals surface area contributed by atoms with Crippen LogP contribution in [0, 0.1) is 12.7 Å². The van der Waals surface area contributed by atoms with Crippen LogP contribution in [0.3, 0.4) is 0 Å². The third kappa shape index (κ3) is 2.10. The molecule has 4 rings (SSSR count). The number of aromatic nitrogens is 5. The van der Waals surface area contributed by atoms with Crippen LogP contribution in [0.5, 0.6) is 0 Å². The average Bonchev–Trinajstić information content (AvgIpc) is 2.99. The van der Waals surface area contributed by atoms with Gasteiger partial charge in [-0.05, 0) is 31.4 Å². The zero-order valence-corrected chi connectivity index (χ0v) is 13.7. The fourth-order valence-electron chi connectivity index (χ4n) is 2.69. The second-order valence-corrected chi connectivity index (χ2v) is 5.98. The quantitative estimate of drug-likeness (QED) is 0.524. The molecule has 4 aromatic rings. The van der Waals surface area contributed by atoms with E-state index in [0.717, 1.165) is 0 Å². The van der Waals surface area contributed by atoms with Gasteiger partial charge in [-0.15, -0.1) is 5.10 Å². The summed E-state index contributed by atoms with van der Waals surface area (Å²) >= 11 is 1.40.